The van der Waals surface area contributed by atoms with E-state index in [1.54, 1.807) is 0 Å². The molecule has 126 valence electrons. The number of benzene rings is 2. The van der Waals surface area contributed by atoms with E-state index in [-0.39, 0.29) is 5.41 Å². The van der Waals surface area contributed by atoms with E-state index in [4.69, 9.17) is 0 Å². The summed E-state index contributed by atoms with van der Waals surface area (Å²) in [4.78, 5) is 0. The molecule has 1 unspecified atom stereocenters. The molecular weight excluding hydrogens is 300 g/mol. The van der Waals surface area contributed by atoms with Crippen molar-refractivity contribution in [1.82, 2.24) is 0 Å². The monoisotopic (exact) mass is 326 g/mol. The Morgan fingerprint density at radius 3 is 2.64 bits per heavy atom. The molecule has 0 N–H and O–H groups in total. The van der Waals surface area contributed by atoms with Crippen LogP contribution in [0, 0.1) is 5.92 Å². The Balaban J connectivity index is 1.79. The van der Waals surface area contributed by atoms with E-state index in [9.17, 15) is 0 Å². The van der Waals surface area contributed by atoms with Gasteiger partial charge in [-0.25, -0.2) is 0 Å². The van der Waals surface area contributed by atoms with Crippen LogP contribution in [0.25, 0.3) is 16.7 Å². The van der Waals surface area contributed by atoms with Crippen LogP contribution in [0.1, 0.15) is 50.3 Å². The van der Waals surface area contributed by atoms with Crippen LogP contribution in [0.3, 0.4) is 0 Å². The smallest absolute Gasteiger partial charge is 0.0159 e. The van der Waals surface area contributed by atoms with E-state index in [0.717, 1.165) is 12.8 Å². The lowest BCUT2D eigenvalue weighted by atomic mass is 9.79. The summed E-state index contributed by atoms with van der Waals surface area (Å²) in [5, 5.41) is 0. The average molecular weight is 326 g/mol. The number of allylic oxidation sites excluding steroid dienone is 5. The topological polar surface area (TPSA) is 0 Å². The molecule has 0 aromatic heterocycles. The van der Waals surface area contributed by atoms with Gasteiger partial charge in [0.15, 0.2) is 0 Å². The number of hydrogen-bond acceptors (Lipinski definition) is 0. The van der Waals surface area contributed by atoms with Crippen molar-refractivity contribution in [1.29, 1.82) is 0 Å². The highest BCUT2D eigenvalue weighted by Crippen LogP contribution is 2.49. The highest BCUT2D eigenvalue weighted by molar-refractivity contribution is 5.85. The van der Waals surface area contributed by atoms with Crippen LogP contribution in [0.4, 0.5) is 0 Å². The minimum absolute atomic E-state index is 0.0488. The van der Waals surface area contributed by atoms with E-state index in [2.05, 4.69) is 88.0 Å². The fourth-order valence-corrected chi connectivity index (χ4v) is 4.47. The Morgan fingerprint density at radius 1 is 1.08 bits per heavy atom. The summed E-state index contributed by atoms with van der Waals surface area (Å²) in [6.45, 7) is 11.4. The zero-order chi connectivity index (χ0) is 17.6. The van der Waals surface area contributed by atoms with Crippen LogP contribution in [-0.4, -0.2) is 0 Å². The normalized spacial score (nSPS) is 20.0. The van der Waals surface area contributed by atoms with Crippen molar-refractivity contribution in [3.8, 4) is 11.1 Å². The second-order valence-electron chi connectivity index (χ2n) is 7.80. The molecule has 2 aromatic rings. The molecule has 1 atom stereocenters. The molecule has 0 radical (unpaired) electrons. The van der Waals surface area contributed by atoms with Crippen molar-refractivity contribution in [2.45, 2.75) is 39.0 Å². The molecular formula is C25H26. The van der Waals surface area contributed by atoms with E-state index in [0.29, 0.717) is 5.92 Å². The van der Waals surface area contributed by atoms with Crippen LogP contribution < -0.4 is 0 Å². The summed E-state index contributed by atoms with van der Waals surface area (Å²) >= 11 is 0. The fourth-order valence-electron chi connectivity index (χ4n) is 4.47. The van der Waals surface area contributed by atoms with Gasteiger partial charge in [0.05, 0.1) is 0 Å². The molecule has 0 saturated carbocycles. The van der Waals surface area contributed by atoms with Gasteiger partial charge in [0.1, 0.15) is 0 Å². The lowest BCUT2D eigenvalue weighted by Gasteiger charge is -2.24. The minimum atomic E-state index is 0.0488. The van der Waals surface area contributed by atoms with Crippen molar-refractivity contribution in [3.05, 3.63) is 89.5 Å². The Labute approximate surface area is 151 Å². The average Bonchev–Trinajstić information content (AvgIpc) is 2.89. The summed E-state index contributed by atoms with van der Waals surface area (Å²) in [6.07, 6.45) is 9.00. The summed E-state index contributed by atoms with van der Waals surface area (Å²) in [6, 6.07) is 15.7. The molecule has 0 bridgehead atoms. The van der Waals surface area contributed by atoms with Gasteiger partial charge in [0.25, 0.3) is 0 Å². The zero-order valence-electron chi connectivity index (χ0n) is 15.5. The van der Waals surface area contributed by atoms with Crippen molar-refractivity contribution in [3.63, 3.8) is 0 Å². The predicted octanol–water partition coefficient (Wildman–Crippen LogP) is 6.92. The first-order valence-electron chi connectivity index (χ1n) is 9.34. The Hall–Kier alpha value is -2.34. The molecule has 0 fully saturated rings. The molecule has 25 heavy (non-hydrogen) atoms. The van der Waals surface area contributed by atoms with E-state index in [1.165, 1.54) is 39.0 Å². The quantitative estimate of drug-likeness (QED) is 0.574. The molecule has 0 saturated heterocycles. The molecule has 0 aliphatic heterocycles. The van der Waals surface area contributed by atoms with Gasteiger partial charge in [-0.2, -0.15) is 0 Å². The highest BCUT2D eigenvalue weighted by atomic mass is 14.4. The molecule has 2 aromatic carbocycles. The number of fused-ring (bicyclic) bond motifs is 3. The molecule has 4 rings (SSSR count). The van der Waals surface area contributed by atoms with E-state index >= 15 is 0 Å². The molecule has 2 aliphatic rings. The summed E-state index contributed by atoms with van der Waals surface area (Å²) in [5.41, 5.74) is 9.51. The minimum Gasteiger partial charge on any atom is -0.0909 e. The highest BCUT2D eigenvalue weighted by Gasteiger charge is 2.35. The first-order chi connectivity index (χ1) is 12.0. The Bertz CT molecular complexity index is 905. The van der Waals surface area contributed by atoms with Gasteiger partial charge < -0.3 is 0 Å². The molecule has 0 spiro atoms. The van der Waals surface area contributed by atoms with Gasteiger partial charge >= 0.3 is 0 Å². The van der Waals surface area contributed by atoms with Crippen molar-refractivity contribution < 1.29 is 0 Å². The van der Waals surface area contributed by atoms with Gasteiger partial charge in [-0.05, 0) is 63.8 Å². The molecule has 0 heteroatoms. The standard InChI is InChI=1S/C25H26/c1-5-18-10-6-7-11-20(18)17(2)19-14-15-22-21-12-8-9-13-23(21)25(3,4)24(22)16-19/h6-9,11-16,18H,2,5,10H2,1,3-4H3. The van der Waals surface area contributed by atoms with Crippen LogP contribution in [0.5, 0.6) is 0 Å². The van der Waals surface area contributed by atoms with Crippen molar-refractivity contribution in [2.24, 2.45) is 5.92 Å². The van der Waals surface area contributed by atoms with Gasteiger partial charge in [0.2, 0.25) is 0 Å². The van der Waals surface area contributed by atoms with Crippen LogP contribution in [0.2, 0.25) is 0 Å². The zero-order valence-corrected chi connectivity index (χ0v) is 15.5. The second-order valence-corrected chi connectivity index (χ2v) is 7.80. The summed E-state index contributed by atoms with van der Waals surface area (Å²) in [5.74, 6) is 0.593. The predicted molar refractivity (Wildman–Crippen MR) is 109 cm³/mol. The first-order valence-corrected chi connectivity index (χ1v) is 9.34. The molecule has 0 heterocycles. The third-order valence-corrected chi connectivity index (χ3v) is 6.05. The number of rotatable bonds is 3. The fraction of sp³-hybridized carbons (Fsp3) is 0.280. The van der Waals surface area contributed by atoms with Crippen LogP contribution in [-0.2, 0) is 5.41 Å². The third-order valence-electron chi connectivity index (χ3n) is 6.05. The number of hydrogen-bond donors (Lipinski definition) is 0. The third kappa shape index (κ3) is 2.43. The van der Waals surface area contributed by atoms with E-state index < -0.39 is 0 Å². The van der Waals surface area contributed by atoms with Gasteiger partial charge in [-0.15, -0.1) is 0 Å². The molecule has 2 aliphatic carbocycles. The molecule has 0 amide bonds. The maximum Gasteiger partial charge on any atom is 0.0159 e. The Kier molecular flexibility index (Phi) is 3.80. The summed E-state index contributed by atoms with van der Waals surface area (Å²) in [7, 11) is 0. The lowest BCUT2D eigenvalue weighted by Crippen LogP contribution is -2.15. The van der Waals surface area contributed by atoms with E-state index in [1.807, 2.05) is 0 Å². The van der Waals surface area contributed by atoms with Gasteiger partial charge in [-0.3, -0.25) is 0 Å². The second kappa shape index (κ2) is 5.88. The van der Waals surface area contributed by atoms with Gasteiger partial charge in [0, 0.05) is 5.41 Å². The lowest BCUT2D eigenvalue weighted by molar-refractivity contribution is 0.611. The maximum atomic E-state index is 4.47. The van der Waals surface area contributed by atoms with Crippen LogP contribution in [0.15, 0.2) is 72.8 Å². The maximum absolute atomic E-state index is 4.47. The van der Waals surface area contributed by atoms with Crippen molar-refractivity contribution >= 4 is 5.57 Å². The Morgan fingerprint density at radius 2 is 1.84 bits per heavy atom. The van der Waals surface area contributed by atoms with Gasteiger partial charge in [-0.1, -0.05) is 82.0 Å². The first kappa shape index (κ1) is 16.1. The SMILES string of the molecule is C=C(C1=CC=CCC1CC)c1ccc2c(c1)C(C)(C)c1ccccc1-2. The summed E-state index contributed by atoms with van der Waals surface area (Å²) < 4.78 is 0. The largest absolute Gasteiger partial charge is 0.0909 e. The molecule has 0 nitrogen and oxygen atoms in total. The van der Waals surface area contributed by atoms with Crippen LogP contribution >= 0.6 is 0 Å². The van der Waals surface area contributed by atoms with Crippen molar-refractivity contribution in [2.75, 3.05) is 0 Å².